The van der Waals surface area contributed by atoms with Crippen LogP contribution in [0.25, 0.3) is 11.3 Å². The number of pyridine rings is 1. The van der Waals surface area contributed by atoms with Crippen LogP contribution in [-0.4, -0.2) is 77.8 Å². The lowest BCUT2D eigenvalue weighted by molar-refractivity contribution is -0.138. The summed E-state index contributed by atoms with van der Waals surface area (Å²) >= 11 is 12.6. The molecule has 0 spiro atoms. The highest BCUT2D eigenvalue weighted by Crippen LogP contribution is 2.30. The van der Waals surface area contributed by atoms with Crippen LogP contribution in [0, 0.1) is 5.92 Å². The van der Waals surface area contributed by atoms with Gasteiger partial charge in [-0.3, -0.25) is 9.69 Å². The Morgan fingerprint density at radius 2 is 1.90 bits per heavy atom. The number of carbonyl (C=O) groups is 1. The molecule has 2 aliphatic heterocycles. The highest BCUT2D eigenvalue weighted by molar-refractivity contribution is 6.35. The number of rotatable bonds is 9. The van der Waals surface area contributed by atoms with E-state index >= 15 is 0 Å². The van der Waals surface area contributed by atoms with Gasteiger partial charge in [-0.25, -0.2) is 15.0 Å². The Hall–Kier alpha value is -2.98. The molecule has 0 saturated carbocycles. The van der Waals surface area contributed by atoms with Crippen LogP contribution < -0.4 is 10.1 Å². The van der Waals surface area contributed by atoms with Crippen LogP contribution >= 0.6 is 23.2 Å². The zero-order valence-corrected chi connectivity index (χ0v) is 24.5. The van der Waals surface area contributed by atoms with Gasteiger partial charge < -0.3 is 20.1 Å². The maximum atomic E-state index is 11.1. The number of guanidine groups is 1. The van der Waals surface area contributed by atoms with E-state index in [1.165, 1.54) is 0 Å². The largest absolute Gasteiger partial charge is 0.481 e. The van der Waals surface area contributed by atoms with Crippen LogP contribution in [0.5, 0.6) is 5.88 Å². The van der Waals surface area contributed by atoms with Crippen molar-refractivity contribution >= 4 is 41.8 Å². The van der Waals surface area contributed by atoms with Gasteiger partial charge in [-0.05, 0) is 88.8 Å². The van der Waals surface area contributed by atoms with Crippen LogP contribution in [0.4, 0.5) is 0 Å². The highest BCUT2D eigenvalue weighted by Gasteiger charge is 2.23. The first-order chi connectivity index (χ1) is 19.2. The van der Waals surface area contributed by atoms with Gasteiger partial charge in [-0.1, -0.05) is 23.2 Å². The standard InChI is InChI=1S/C29H36Cl2N6O3/c1-19(16-34-29(33-3)37-9-6-25(18-37)32-2)40-27-11-21(17-36-7-4-20(5-8-36)12-28(38)39)10-26(35-27)22-13-23(30)15-24(31)14-22/h10-11,13-16,20,25,32H,3-9,12,17-18H2,1-2H3,(H,38,39)/b19-16+,34-29+. The number of nitrogens with zero attached hydrogens (tertiary/aromatic N) is 5. The molecule has 9 nitrogen and oxygen atoms in total. The van der Waals surface area contributed by atoms with Gasteiger partial charge >= 0.3 is 5.97 Å². The monoisotopic (exact) mass is 586 g/mol. The fourth-order valence-electron chi connectivity index (χ4n) is 5.15. The number of carboxylic acids is 1. The van der Waals surface area contributed by atoms with Gasteiger partial charge in [0.05, 0.1) is 11.9 Å². The third kappa shape index (κ3) is 8.51. The number of likely N-dealkylation sites (tertiary alicyclic amines) is 2. The Kier molecular flexibility index (Phi) is 10.6. The first-order valence-corrected chi connectivity index (χ1v) is 14.2. The summed E-state index contributed by atoms with van der Waals surface area (Å²) in [5, 5.41) is 13.5. The fourth-order valence-corrected chi connectivity index (χ4v) is 5.67. The number of hydrogen-bond donors (Lipinski definition) is 2. The number of carboxylic acid groups (broad SMARTS) is 1. The Bertz CT molecular complexity index is 1260. The number of nitrogens with one attached hydrogen (secondary N) is 1. The summed E-state index contributed by atoms with van der Waals surface area (Å²) in [4.78, 5) is 28.9. The number of hydrogen-bond acceptors (Lipinski definition) is 6. The number of aliphatic carboxylic acids is 1. The van der Waals surface area contributed by atoms with E-state index < -0.39 is 5.97 Å². The minimum absolute atomic E-state index is 0.224. The smallest absolute Gasteiger partial charge is 0.303 e. The molecular formula is C29H36Cl2N6O3. The first kappa shape index (κ1) is 30.0. The van der Waals surface area contributed by atoms with Gasteiger partial charge in [0.2, 0.25) is 11.8 Å². The maximum Gasteiger partial charge on any atom is 0.303 e. The fraction of sp³-hybridized carbons (Fsp3) is 0.448. The van der Waals surface area contributed by atoms with E-state index in [0.717, 1.165) is 56.6 Å². The van der Waals surface area contributed by atoms with Crippen LogP contribution in [0.2, 0.25) is 10.0 Å². The molecule has 2 N–H and O–H groups in total. The molecule has 2 saturated heterocycles. The van der Waals surface area contributed by atoms with Crippen LogP contribution in [0.15, 0.2) is 52.3 Å². The van der Waals surface area contributed by atoms with Crippen molar-refractivity contribution in [3.05, 3.63) is 57.9 Å². The molecule has 1 atom stereocenters. The summed E-state index contributed by atoms with van der Waals surface area (Å²) in [6, 6.07) is 9.67. The summed E-state index contributed by atoms with van der Waals surface area (Å²) in [6.07, 6.45) is 4.61. The number of allylic oxidation sites excluding steroid dienone is 1. The first-order valence-electron chi connectivity index (χ1n) is 13.4. The number of benzene rings is 1. The van der Waals surface area contributed by atoms with E-state index in [4.69, 9.17) is 38.0 Å². The molecule has 0 aliphatic carbocycles. The van der Waals surface area contributed by atoms with E-state index in [-0.39, 0.29) is 12.3 Å². The second-order valence-electron chi connectivity index (χ2n) is 10.3. The number of aliphatic imine (C=N–C) groups is 2. The zero-order valence-electron chi connectivity index (χ0n) is 22.9. The summed E-state index contributed by atoms with van der Waals surface area (Å²) in [5.74, 6) is 1.04. The van der Waals surface area contributed by atoms with E-state index in [2.05, 4.69) is 31.8 Å². The number of halogens is 2. The number of ether oxygens (including phenoxy) is 1. The zero-order chi connectivity index (χ0) is 28.6. The Morgan fingerprint density at radius 1 is 1.18 bits per heavy atom. The molecule has 3 heterocycles. The van der Waals surface area contributed by atoms with Crippen molar-refractivity contribution in [2.45, 2.75) is 45.2 Å². The predicted octanol–water partition coefficient (Wildman–Crippen LogP) is 5.33. The molecule has 0 bridgehead atoms. The van der Waals surface area contributed by atoms with E-state index in [1.807, 2.05) is 38.2 Å². The summed E-state index contributed by atoms with van der Waals surface area (Å²) in [5.41, 5.74) is 2.50. The molecule has 4 rings (SSSR count). The molecule has 214 valence electrons. The van der Waals surface area contributed by atoms with Crippen molar-refractivity contribution in [1.29, 1.82) is 0 Å². The molecule has 1 unspecified atom stereocenters. The molecule has 0 amide bonds. The molecule has 2 aliphatic rings. The van der Waals surface area contributed by atoms with Gasteiger partial charge in [-0.15, -0.1) is 0 Å². The predicted molar refractivity (Wildman–Crippen MR) is 160 cm³/mol. The number of likely N-dealkylation sites (N-methyl/N-ethyl adjacent to an activating group) is 1. The van der Waals surface area contributed by atoms with Gasteiger partial charge in [0, 0.05) is 53.8 Å². The van der Waals surface area contributed by atoms with E-state index in [0.29, 0.717) is 45.9 Å². The molecule has 1 aromatic carbocycles. The molecule has 2 fully saturated rings. The van der Waals surface area contributed by atoms with Crippen molar-refractivity contribution < 1.29 is 14.6 Å². The third-order valence-corrected chi connectivity index (χ3v) is 7.68. The maximum absolute atomic E-state index is 11.1. The number of aromatic nitrogens is 1. The van der Waals surface area contributed by atoms with E-state index in [9.17, 15) is 4.79 Å². The van der Waals surface area contributed by atoms with E-state index in [1.54, 1.807) is 12.3 Å². The van der Waals surface area contributed by atoms with Crippen LogP contribution in [0.3, 0.4) is 0 Å². The van der Waals surface area contributed by atoms with Gasteiger partial charge in [0.15, 0.2) is 0 Å². The minimum atomic E-state index is -0.731. The molecule has 11 heteroatoms. The van der Waals surface area contributed by atoms with Gasteiger partial charge in [0.1, 0.15) is 5.76 Å². The quantitative estimate of drug-likeness (QED) is 0.232. The Morgan fingerprint density at radius 3 is 2.52 bits per heavy atom. The van der Waals surface area contributed by atoms with Crippen LogP contribution in [-0.2, 0) is 11.3 Å². The lowest BCUT2D eigenvalue weighted by atomic mass is 9.93. The van der Waals surface area contributed by atoms with Crippen molar-refractivity contribution in [2.75, 3.05) is 33.2 Å². The summed E-state index contributed by atoms with van der Waals surface area (Å²) in [6.45, 7) is 9.55. The van der Waals surface area contributed by atoms with Crippen molar-refractivity contribution in [3.8, 4) is 17.1 Å². The molecule has 2 aromatic rings. The normalized spacial score (nSPS) is 19.2. The van der Waals surface area contributed by atoms with Gasteiger partial charge in [0.25, 0.3) is 0 Å². The third-order valence-electron chi connectivity index (χ3n) is 7.24. The van der Waals surface area contributed by atoms with Crippen molar-refractivity contribution in [3.63, 3.8) is 0 Å². The molecule has 1 aromatic heterocycles. The van der Waals surface area contributed by atoms with Crippen LogP contribution in [0.1, 0.15) is 38.2 Å². The molecule has 0 radical (unpaired) electrons. The second kappa shape index (κ2) is 14.1. The van der Waals surface area contributed by atoms with Crippen molar-refractivity contribution in [2.24, 2.45) is 15.9 Å². The Balaban J connectivity index is 1.54. The Labute approximate surface area is 245 Å². The lowest BCUT2D eigenvalue weighted by Gasteiger charge is -2.31. The lowest BCUT2D eigenvalue weighted by Crippen LogP contribution is -2.33. The second-order valence-corrected chi connectivity index (χ2v) is 11.2. The topological polar surface area (TPSA) is 103 Å². The average Bonchev–Trinajstić information content (AvgIpc) is 3.38. The molecule has 40 heavy (non-hydrogen) atoms. The molecular weight excluding hydrogens is 551 g/mol. The highest BCUT2D eigenvalue weighted by atomic mass is 35.5. The number of piperidine rings is 1. The summed E-state index contributed by atoms with van der Waals surface area (Å²) < 4.78 is 6.13. The summed E-state index contributed by atoms with van der Waals surface area (Å²) in [7, 11) is 1.96. The van der Waals surface area contributed by atoms with Crippen molar-refractivity contribution in [1.82, 2.24) is 20.1 Å². The average molecular weight is 588 g/mol. The van der Waals surface area contributed by atoms with Gasteiger partial charge in [-0.2, -0.15) is 0 Å². The minimum Gasteiger partial charge on any atom is -0.481 e. The SMILES string of the molecule is C=N/C(=N\C=C(/C)Oc1cc(CN2CCC(CC(=O)O)CC2)cc(-c2cc(Cl)cc(Cl)c2)n1)N1CCC(NC)C1.